The zero-order valence-corrected chi connectivity index (χ0v) is 17.4. The number of aromatic amines is 1. The van der Waals surface area contributed by atoms with Gasteiger partial charge in [0.25, 0.3) is 0 Å². The topological polar surface area (TPSA) is 124 Å². The summed E-state index contributed by atoms with van der Waals surface area (Å²) < 4.78 is 41.9. The molecule has 0 spiro atoms. The Morgan fingerprint density at radius 1 is 1.09 bits per heavy atom. The average Bonchev–Trinajstić information content (AvgIpc) is 3.38. The number of rotatable bonds is 5. The molecule has 1 aliphatic rings. The van der Waals surface area contributed by atoms with Crippen LogP contribution in [0.15, 0.2) is 66.0 Å². The molecule has 0 saturated heterocycles. The van der Waals surface area contributed by atoms with E-state index in [9.17, 15) is 18.1 Å². The molecule has 2 unspecified atom stereocenters. The maximum Gasteiger partial charge on any atom is 0.241 e. The Morgan fingerprint density at radius 2 is 1.97 bits per heavy atom. The summed E-state index contributed by atoms with van der Waals surface area (Å²) in [4.78, 5) is 11.5. The van der Waals surface area contributed by atoms with Crippen molar-refractivity contribution in [2.45, 2.75) is 23.4 Å². The first kappa shape index (κ1) is 20.1. The van der Waals surface area contributed by atoms with Crippen molar-refractivity contribution < 1.29 is 12.8 Å². The Balaban J connectivity index is 1.53. The van der Waals surface area contributed by atoms with Crippen molar-refractivity contribution >= 4 is 21.1 Å². The van der Waals surface area contributed by atoms with Crippen molar-refractivity contribution in [2.75, 3.05) is 0 Å². The Morgan fingerprint density at radius 3 is 2.78 bits per heavy atom. The van der Waals surface area contributed by atoms with E-state index in [-0.39, 0.29) is 10.9 Å². The van der Waals surface area contributed by atoms with Crippen molar-refractivity contribution in [3.63, 3.8) is 0 Å². The predicted octanol–water partition coefficient (Wildman–Crippen LogP) is 3.30. The van der Waals surface area contributed by atoms with Crippen molar-refractivity contribution in [3.05, 3.63) is 78.0 Å². The minimum atomic E-state index is -3.96. The first-order chi connectivity index (χ1) is 15.5. The van der Waals surface area contributed by atoms with E-state index in [1.165, 1.54) is 24.5 Å². The van der Waals surface area contributed by atoms with Crippen LogP contribution in [0.1, 0.15) is 29.6 Å². The molecule has 5 rings (SSSR count). The van der Waals surface area contributed by atoms with Crippen LogP contribution in [-0.2, 0) is 10.0 Å². The van der Waals surface area contributed by atoms with Gasteiger partial charge >= 0.3 is 0 Å². The summed E-state index contributed by atoms with van der Waals surface area (Å²) in [6.45, 7) is 0. The summed E-state index contributed by atoms with van der Waals surface area (Å²) in [5.74, 6) is -0.630. The van der Waals surface area contributed by atoms with E-state index in [4.69, 9.17) is 0 Å². The predicted molar refractivity (Wildman–Crippen MR) is 115 cm³/mol. The number of benzene rings is 2. The van der Waals surface area contributed by atoms with Gasteiger partial charge < -0.3 is 10.3 Å². The van der Waals surface area contributed by atoms with Crippen molar-refractivity contribution in [2.24, 2.45) is 0 Å². The minimum Gasteiger partial charge on any atom is -0.346 e. The molecule has 32 heavy (non-hydrogen) atoms. The van der Waals surface area contributed by atoms with E-state index in [1.54, 1.807) is 6.20 Å². The maximum atomic E-state index is 13.6. The fourth-order valence-electron chi connectivity index (χ4n) is 4.15. The first-order valence-electron chi connectivity index (χ1n) is 9.81. The maximum absolute atomic E-state index is 13.6. The molecule has 1 aliphatic carbocycles. The molecule has 3 N–H and O–H groups in total. The number of nitriles is 1. The molecule has 10 heteroatoms. The second-order valence-corrected chi connectivity index (χ2v) is 9.20. The second kappa shape index (κ2) is 7.71. The summed E-state index contributed by atoms with van der Waals surface area (Å²) in [6, 6.07) is 11.4. The monoisotopic (exact) mass is 448 g/mol. The van der Waals surface area contributed by atoms with Gasteiger partial charge in [-0.25, -0.2) is 27.5 Å². The van der Waals surface area contributed by atoms with Gasteiger partial charge in [0.1, 0.15) is 17.8 Å². The zero-order valence-electron chi connectivity index (χ0n) is 16.6. The van der Waals surface area contributed by atoms with Gasteiger partial charge in [0.05, 0.1) is 16.6 Å². The highest BCUT2D eigenvalue weighted by Gasteiger charge is 2.34. The van der Waals surface area contributed by atoms with Crippen LogP contribution in [0.3, 0.4) is 0 Å². The quantitative estimate of drug-likeness (QED) is 0.318. The largest absolute Gasteiger partial charge is 0.346 e. The molecule has 0 aliphatic heterocycles. The number of fused-ring (bicyclic) bond motifs is 2. The molecule has 2 aromatic heterocycles. The van der Waals surface area contributed by atoms with Gasteiger partial charge in [-0.15, -0.1) is 0 Å². The van der Waals surface area contributed by atoms with E-state index in [0.717, 1.165) is 33.8 Å². The summed E-state index contributed by atoms with van der Waals surface area (Å²) in [5.41, 5.74) is 3.83. The van der Waals surface area contributed by atoms with Gasteiger partial charge in [-0.05, 0) is 47.9 Å². The van der Waals surface area contributed by atoms with Crippen LogP contribution >= 0.6 is 0 Å². The molecule has 0 radical (unpaired) electrons. The number of aromatic nitrogens is 3. The number of hydrogen-bond acceptors (Lipinski definition) is 6. The molecule has 0 amide bonds. The number of nitrogens with one attached hydrogen (secondary N) is 3. The molecular weight excluding hydrogens is 431 g/mol. The number of halogens is 1. The average molecular weight is 448 g/mol. The van der Waals surface area contributed by atoms with Crippen LogP contribution in [0.25, 0.3) is 22.3 Å². The molecule has 0 bridgehead atoms. The third-order valence-electron chi connectivity index (χ3n) is 5.58. The lowest BCUT2D eigenvalue weighted by Gasteiger charge is -2.15. The highest BCUT2D eigenvalue weighted by Crippen LogP contribution is 2.41. The highest BCUT2D eigenvalue weighted by atomic mass is 32.2. The standard InChI is InChI=1S/C22H17FN6O2S/c23-14-2-1-3-15(9-14)32(30,31)29-20-10-19(26-11-24)18-8-13(4-5-16(18)20)21-17-6-7-25-22(17)28-12-27-21/h1-9,12,19-20,26,29H,10H2,(H,25,27,28). The lowest BCUT2D eigenvalue weighted by molar-refractivity contribution is 0.517. The number of sulfonamides is 1. The second-order valence-electron chi connectivity index (χ2n) is 7.48. The summed E-state index contributed by atoms with van der Waals surface area (Å²) in [6.07, 6.45) is 5.55. The van der Waals surface area contributed by atoms with E-state index in [2.05, 4.69) is 25.0 Å². The highest BCUT2D eigenvalue weighted by molar-refractivity contribution is 7.89. The van der Waals surface area contributed by atoms with Gasteiger partial charge in [0.2, 0.25) is 10.0 Å². The summed E-state index contributed by atoms with van der Waals surface area (Å²) >= 11 is 0. The van der Waals surface area contributed by atoms with E-state index < -0.39 is 21.9 Å². The fraction of sp³-hybridized carbons (Fsp3) is 0.136. The molecule has 2 atom stereocenters. The van der Waals surface area contributed by atoms with E-state index >= 15 is 0 Å². The van der Waals surface area contributed by atoms with Crippen LogP contribution in [-0.4, -0.2) is 23.4 Å². The Bertz CT molecular complexity index is 1480. The zero-order chi connectivity index (χ0) is 22.3. The van der Waals surface area contributed by atoms with Gasteiger partial charge in [-0.3, -0.25) is 0 Å². The van der Waals surface area contributed by atoms with Crippen LogP contribution in [0.4, 0.5) is 4.39 Å². The third-order valence-corrected chi connectivity index (χ3v) is 7.05. The molecule has 2 aromatic carbocycles. The molecule has 2 heterocycles. The Kier molecular flexibility index (Phi) is 4.84. The van der Waals surface area contributed by atoms with Gasteiger partial charge in [-0.1, -0.05) is 18.2 Å². The molecule has 160 valence electrons. The minimum absolute atomic E-state index is 0.150. The summed E-state index contributed by atoms with van der Waals surface area (Å²) in [7, 11) is -3.96. The number of nitrogens with zero attached hydrogens (tertiary/aromatic N) is 3. The molecule has 0 fully saturated rings. The van der Waals surface area contributed by atoms with E-state index in [1.807, 2.05) is 30.5 Å². The summed E-state index contributed by atoms with van der Waals surface area (Å²) in [5, 5.41) is 12.8. The van der Waals surface area contributed by atoms with Crippen molar-refractivity contribution in [1.82, 2.24) is 25.0 Å². The van der Waals surface area contributed by atoms with Crippen molar-refractivity contribution in [3.8, 4) is 17.5 Å². The van der Waals surface area contributed by atoms with Crippen LogP contribution < -0.4 is 10.0 Å². The van der Waals surface area contributed by atoms with Crippen LogP contribution in [0, 0.1) is 17.3 Å². The van der Waals surface area contributed by atoms with Crippen molar-refractivity contribution in [1.29, 1.82) is 5.26 Å². The lowest BCUT2D eigenvalue weighted by atomic mass is 10.0. The third kappa shape index (κ3) is 3.47. The fourth-order valence-corrected chi connectivity index (χ4v) is 5.41. The van der Waals surface area contributed by atoms with Gasteiger partial charge in [-0.2, -0.15) is 5.26 Å². The molecular formula is C22H17FN6O2S. The molecule has 8 nitrogen and oxygen atoms in total. The normalized spacial score (nSPS) is 17.8. The van der Waals surface area contributed by atoms with Crippen LogP contribution in [0.2, 0.25) is 0 Å². The SMILES string of the molecule is N#CNC1CC(NS(=O)(=O)c2cccc(F)c2)c2ccc(-c3ncnc4[nH]ccc34)cc21. The Labute approximate surface area is 183 Å². The Hall–Kier alpha value is -3.81. The smallest absolute Gasteiger partial charge is 0.241 e. The van der Waals surface area contributed by atoms with Gasteiger partial charge in [0.15, 0.2) is 6.19 Å². The van der Waals surface area contributed by atoms with Crippen LogP contribution in [0.5, 0.6) is 0 Å². The first-order valence-corrected chi connectivity index (χ1v) is 11.3. The molecule has 0 saturated carbocycles. The number of H-pyrrole nitrogens is 1. The lowest BCUT2D eigenvalue weighted by Crippen LogP contribution is -2.28. The number of hydrogen-bond donors (Lipinski definition) is 3. The molecule has 4 aromatic rings. The van der Waals surface area contributed by atoms with Gasteiger partial charge in [0, 0.05) is 23.2 Å². The van der Waals surface area contributed by atoms with E-state index in [0.29, 0.717) is 12.1 Å².